The molecule has 0 aliphatic carbocycles. The molecule has 3 aromatic rings. The lowest BCUT2D eigenvalue weighted by molar-refractivity contribution is -0.218. The molecule has 5 rings (SSSR count). The van der Waals surface area contributed by atoms with E-state index < -0.39 is 63.2 Å². The van der Waals surface area contributed by atoms with E-state index in [1.54, 1.807) is 31.2 Å². The van der Waals surface area contributed by atoms with Crippen molar-refractivity contribution in [3.05, 3.63) is 59.8 Å². The van der Waals surface area contributed by atoms with Crippen molar-refractivity contribution in [2.24, 2.45) is 0 Å². The van der Waals surface area contributed by atoms with Gasteiger partial charge < -0.3 is 44.2 Å². The van der Waals surface area contributed by atoms with Crippen molar-refractivity contribution in [2.75, 3.05) is 24.4 Å². The fourth-order valence-electron chi connectivity index (χ4n) is 4.71. The van der Waals surface area contributed by atoms with Crippen molar-refractivity contribution in [3.63, 3.8) is 0 Å². The summed E-state index contributed by atoms with van der Waals surface area (Å²) in [6, 6.07) is 8.91. The van der Waals surface area contributed by atoms with E-state index in [2.05, 4.69) is 15.4 Å². The Bertz CT molecular complexity index is 1470. The first-order valence-electron chi connectivity index (χ1n) is 11.3. The summed E-state index contributed by atoms with van der Waals surface area (Å²) in [4.78, 5) is 32.1. The van der Waals surface area contributed by atoms with Crippen LogP contribution in [0.1, 0.15) is 24.2 Å². The van der Waals surface area contributed by atoms with Crippen molar-refractivity contribution >= 4 is 26.5 Å². The maximum absolute atomic E-state index is 14.3. The third-order valence-electron chi connectivity index (χ3n) is 6.52. The molecule has 2 bridgehead atoms. The molecule has 2 aromatic heterocycles. The number of rotatable bonds is 9. The largest absolute Gasteiger partial charge is 0.387 e. The van der Waals surface area contributed by atoms with Crippen LogP contribution in [0.3, 0.4) is 0 Å². The zero-order chi connectivity index (χ0) is 27.5. The molecule has 6 atom stereocenters. The van der Waals surface area contributed by atoms with E-state index in [1.807, 2.05) is 0 Å². The number of aromatic nitrogens is 3. The molecule has 1 unspecified atom stereocenters. The number of halogens is 1. The van der Waals surface area contributed by atoms with E-state index in [4.69, 9.17) is 23.8 Å². The molecule has 4 heterocycles. The molecule has 206 valence electrons. The SMILES string of the molecule is C[C@H](Nc1ncnn2c([C@]34OC[C@](COP(=O)(O)CP(=O)(O)O)(O3)[C@@H](O)[C@H]4O)ccc12)c1ccccc1F. The third-order valence-corrected chi connectivity index (χ3v) is 9.96. The molecule has 17 heteroatoms. The highest BCUT2D eigenvalue weighted by Gasteiger charge is 2.71. The molecular weight excluding hydrogens is 549 g/mol. The van der Waals surface area contributed by atoms with Crippen LogP contribution in [0.4, 0.5) is 10.2 Å². The average Bonchev–Trinajstić information content (AvgIpc) is 3.49. The van der Waals surface area contributed by atoms with Crippen LogP contribution >= 0.6 is 15.2 Å². The predicted octanol–water partition coefficient (Wildman–Crippen LogP) is 1.05. The van der Waals surface area contributed by atoms with Gasteiger partial charge in [0.05, 0.1) is 19.3 Å². The summed E-state index contributed by atoms with van der Waals surface area (Å²) in [6.45, 7) is 0.571. The fourth-order valence-corrected chi connectivity index (χ4v) is 7.32. The monoisotopic (exact) mass is 574 g/mol. The lowest BCUT2D eigenvalue weighted by atomic mass is 9.91. The number of nitrogens with one attached hydrogen (secondary N) is 1. The van der Waals surface area contributed by atoms with Gasteiger partial charge in [0.1, 0.15) is 41.2 Å². The maximum atomic E-state index is 14.3. The number of ether oxygens (including phenoxy) is 2. The number of aliphatic hydroxyl groups excluding tert-OH is 2. The fraction of sp³-hybridized carbons (Fsp3) is 0.429. The Balaban J connectivity index is 1.42. The highest BCUT2D eigenvalue weighted by Crippen LogP contribution is 2.58. The molecule has 6 N–H and O–H groups in total. The lowest BCUT2D eigenvalue weighted by Crippen LogP contribution is -2.53. The normalized spacial score (nSPS) is 29.4. The van der Waals surface area contributed by atoms with Crippen molar-refractivity contribution in [1.29, 1.82) is 0 Å². The number of hydrogen-bond acceptors (Lipinski definition) is 10. The van der Waals surface area contributed by atoms with Gasteiger partial charge in [0.2, 0.25) is 5.79 Å². The second-order valence-corrected chi connectivity index (χ2v) is 13.2. The zero-order valence-corrected chi connectivity index (χ0v) is 21.6. The maximum Gasteiger partial charge on any atom is 0.340 e. The van der Waals surface area contributed by atoms with E-state index in [9.17, 15) is 28.6 Å². The molecule has 0 saturated carbocycles. The summed E-state index contributed by atoms with van der Waals surface area (Å²) < 4.78 is 55.4. The topological polar surface area (TPSA) is 205 Å². The highest BCUT2D eigenvalue weighted by atomic mass is 31.2. The van der Waals surface area contributed by atoms with Crippen LogP contribution < -0.4 is 5.32 Å². The standard InChI is InChI=1S/C21H25FN4O10P2/c1-12(13-4-2-3-5-14(13)22)25-19-15-6-7-16(26(15)24-10-23-19)21-18(28)17(27)20(36-21,8-34-21)9-35-38(32,33)11-37(29,30)31/h2-7,10,12,17-18,27-28H,8-9,11H2,1H3,(H,32,33)(H,23,24,25)(H2,29,30,31)/t12-,17-,18+,20+,21-/m0/s1. The Morgan fingerprint density at radius 1 is 1.21 bits per heavy atom. The number of benzene rings is 1. The van der Waals surface area contributed by atoms with Gasteiger partial charge in [-0.1, -0.05) is 18.2 Å². The van der Waals surface area contributed by atoms with Crippen molar-refractivity contribution in [1.82, 2.24) is 14.6 Å². The molecule has 0 spiro atoms. The van der Waals surface area contributed by atoms with Gasteiger partial charge in [-0.15, -0.1) is 0 Å². The first-order valence-corrected chi connectivity index (χ1v) is 14.9. The highest BCUT2D eigenvalue weighted by molar-refractivity contribution is 7.70. The van der Waals surface area contributed by atoms with Crippen LogP contribution in [0.15, 0.2) is 42.7 Å². The Labute approximate surface area is 214 Å². The molecular formula is C21H25FN4O10P2. The van der Waals surface area contributed by atoms with Crippen LogP contribution in [-0.4, -0.2) is 76.4 Å². The minimum atomic E-state index is -4.88. The van der Waals surface area contributed by atoms with Gasteiger partial charge in [0.15, 0.2) is 11.7 Å². The van der Waals surface area contributed by atoms with Crippen molar-refractivity contribution < 1.29 is 52.4 Å². The van der Waals surface area contributed by atoms with Crippen LogP contribution in [0.25, 0.3) is 5.52 Å². The van der Waals surface area contributed by atoms with Gasteiger partial charge >= 0.3 is 15.2 Å². The van der Waals surface area contributed by atoms with E-state index in [0.717, 1.165) is 0 Å². The second kappa shape index (κ2) is 9.42. The Kier molecular flexibility index (Phi) is 6.76. The van der Waals surface area contributed by atoms with Gasteiger partial charge in [-0.25, -0.2) is 13.9 Å². The Morgan fingerprint density at radius 3 is 2.66 bits per heavy atom. The Morgan fingerprint density at radius 2 is 1.95 bits per heavy atom. The molecule has 0 amide bonds. The number of anilines is 1. The van der Waals surface area contributed by atoms with Gasteiger partial charge in [-0.3, -0.25) is 9.13 Å². The van der Waals surface area contributed by atoms with E-state index in [1.165, 1.54) is 23.0 Å². The Hall–Kier alpha value is -2.29. The zero-order valence-electron chi connectivity index (χ0n) is 19.8. The quantitative estimate of drug-likeness (QED) is 0.198. The summed E-state index contributed by atoms with van der Waals surface area (Å²) >= 11 is 0. The number of nitrogens with zero attached hydrogens (tertiary/aromatic N) is 3. The number of hydrogen-bond donors (Lipinski definition) is 6. The molecule has 0 radical (unpaired) electrons. The molecule has 2 aliphatic rings. The minimum Gasteiger partial charge on any atom is -0.387 e. The first-order chi connectivity index (χ1) is 17.8. The van der Waals surface area contributed by atoms with E-state index in [0.29, 0.717) is 16.9 Å². The summed E-state index contributed by atoms with van der Waals surface area (Å²) in [6.07, 6.45) is -2.13. The summed E-state index contributed by atoms with van der Waals surface area (Å²) in [7, 11) is -9.65. The molecule has 38 heavy (non-hydrogen) atoms. The van der Waals surface area contributed by atoms with Gasteiger partial charge in [-0.2, -0.15) is 5.10 Å². The average molecular weight is 574 g/mol. The van der Waals surface area contributed by atoms with Gasteiger partial charge in [0, 0.05) is 5.56 Å². The second-order valence-electron chi connectivity index (χ2n) is 9.24. The first kappa shape index (κ1) is 27.3. The molecule has 2 fully saturated rings. The molecule has 2 aliphatic heterocycles. The summed E-state index contributed by atoms with van der Waals surface area (Å²) in [5, 5.41) is 29.0. The van der Waals surface area contributed by atoms with E-state index in [-0.39, 0.29) is 12.3 Å². The predicted molar refractivity (Wildman–Crippen MR) is 128 cm³/mol. The summed E-state index contributed by atoms with van der Waals surface area (Å²) in [5.41, 5.74) is -0.832. The van der Waals surface area contributed by atoms with Crippen molar-refractivity contribution in [2.45, 2.75) is 36.6 Å². The van der Waals surface area contributed by atoms with Gasteiger partial charge in [-0.05, 0) is 25.1 Å². The van der Waals surface area contributed by atoms with Crippen LogP contribution in [0, 0.1) is 5.82 Å². The number of fused-ring (bicyclic) bond motifs is 3. The summed E-state index contributed by atoms with van der Waals surface area (Å²) in [5.74, 6) is -3.45. The minimum absolute atomic E-state index is 0.157. The molecule has 2 saturated heterocycles. The lowest BCUT2D eigenvalue weighted by Gasteiger charge is -2.32. The van der Waals surface area contributed by atoms with Crippen molar-refractivity contribution in [3.8, 4) is 0 Å². The smallest absolute Gasteiger partial charge is 0.340 e. The van der Waals surface area contributed by atoms with E-state index >= 15 is 0 Å². The van der Waals surface area contributed by atoms with Crippen LogP contribution in [-0.2, 0) is 28.9 Å². The van der Waals surface area contributed by atoms with Crippen LogP contribution in [0.2, 0.25) is 0 Å². The van der Waals surface area contributed by atoms with Crippen LogP contribution in [0.5, 0.6) is 0 Å². The molecule has 14 nitrogen and oxygen atoms in total. The van der Waals surface area contributed by atoms with Gasteiger partial charge in [0.25, 0.3) is 0 Å². The molecule has 1 aromatic carbocycles. The third kappa shape index (κ3) is 4.69. The number of aliphatic hydroxyl groups is 2.